The van der Waals surface area contributed by atoms with E-state index >= 15 is 0 Å². The molecule has 0 radical (unpaired) electrons. The highest BCUT2D eigenvalue weighted by atomic mass is 79.9. The fourth-order valence-corrected chi connectivity index (χ4v) is 5.10. The van der Waals surface area contributed by atoms with Crippen LogP contribution in [0.25, 0.3) is 0 Å². The molecule has 1 aromatic heterocycles. The number of halogens is 3. The number of fused-ring (bicyclic) bond motifs is 1. The fraction of sp³-hybridized carbons (Fsp3) is 0.190. The Hall–Kier alpha value is -3.19. The molecule has 0 saturated carbocycles. The van der Waals surface area contributed by atoms with E-state index < -0.39 is 12.0 Å². The van der Waals surface area contributed by atoms with Gasteiger partial charge in [0.15, 0.2) is 5.82 Å². The van der Waals surface area contributed by atoms with E-state index in [1.54, 1.807) is 40.1 Å². The molecule has 180 valence electrons. The summed E-state index contributed by atoms with van der Waals surface area (Å²) in [6, 6.07) is 12.0. The number of hydrogen-bond acceptors (Lipinski definition) is 9. The van der Waals surface area contributed by atoms with Crippen LogP contribution in [0.4, 0.5) is 0 Å². The van der Waals surface area contributed by atoms with E-state index in [4.69, 9.17) is 28.3 Å². The van der Waals surface area contributed by atoms with Gasteiger partial charge in [-0.05, 0) is 41.1 Å². The fourth-order valence-electron chi connectivity index (χ4n) is 4.09. The first kappa shape index (κ1) is 23.5. The van der Waals surface area contributed by atoms with Crippen LogP contribution in [0.5, 0.6) is 0 Å². The third-order valence-corrected chi connectivity index (χ3v) is 7.13. The van der Waals surface area contributed by atoms with E-state index in [0.29, 0.717) is 39.6 Å². The predicted octanol–water partition coefficient (Wildman–Crippen LogP) is 3.69. The zero-order chi connectivity index (χ0) is 24.7. The standard InChI is InChI=1S/C21H18BrCl2N9O2/c1-11-17(20(34)35)19(18-14(23)7-4-8-15(18)24)33-21(31(11)10-16-25-28-29-26-16)27-32(30-33)9-12-5-2-3-6-13(12)22/h2-8,19,30H,9-10H2,1H3,(H,34,35)(H,25,26,28,29). The number of hydrazone groups is 1. The van der Waals surface area contributed by atoms with E-state index in [-0.39, 0.29) is 12.1 Å². The van der Waals surface area contributed by atoms with Crippen molar-refractivity contribution in [1.82, 2.24) is 41.2 Å². The van der Waals surface area contributed by atoms with Gasteiger partial charge in [0, 0.05) is 25.8 Å². The molecule has 3 heterocycles. The van der Waals surface area contributed by atoms with Gasteiger partial charge in [0.05, 0.1) is 18.7 Å². The van der Waals surface area contributed by atoms with E-state index in [9.17, 15) is 9.90 Å². The molecule has 1 unspecified atom stereocenters. The van der Waals surface area contributed by atoms with Crippen LogP contribution < -0.4 is 5.53 Å². The van der Waals surface area contributed by atoms with Crippen LogP contribution in [0.1, 0.15) is 29.9 Å². The van der Waals surface area contributed by atoms with Crippen LogP contribution in [0.15, 0.2) is 63.3 Å². The number of H-pyrrole nitrogens is 1. The first-order valence-electron chi connectivity index (χ1n) is 10.4. The van der Waals surface area contributed by atoms with Crippen molar-refractivity contribution < 1.29 is 9.90 Å². The number of rotatable bonds is 6. The van der Waals surface area contributed by atoms with Gasteiger partial charge < -0.3 is 10.0 Å². The number of carbonyl (C=O) groups is 1. The van der Waals surface area contributed by atoms with Crippen LogP contribution in [0.3, 0.4) is 0 Å². The van der Waals surface area contributed by atoms with E-state index in [0.717, 1.165) is 10.0 Å². The minimum Gasteiger partial charge on any atom is -0.478 e. The zero-order valence-electron chi connectivity index (χ0n) is 18.2. The van der Waals surface area contributed by atoms with Crippen LogP contribution in [0.2, 0.25) is 10.0 Å². The van der Waals surface area contributed by atoms with Crippen molar-refractivity contribution in [1.29, 1.82) is 0 Å². The Morgan fingerprint density at radius 3 is 2.54 bits per heavy atom. The van der Waals surface area contributed by atoms with Crippen LogP contribution >= 0.6 is 39.1 Å². The second kappa shape index (κ2) is 9.46. The van der Waals surface area contributed by atoms with Crippen LogP contribution in [0, 0.1) is 0 Å². The number of aliphatic carboxylic acids is 1. The SMILES string of the molecule is CC1=C(C(=O)O)C(c2c(Cl)cccc2Cl)N2NN(Cc3ccccc3Br)N=C2N1Cc1nnn[nH]1. The van der Waals surface area contributed by atoms with Gasteiger partial charge in [-0.15, -0.1) is 15.7 Å². The van der Waals surface area contributed by atoms with Crippen molar-refractivity contribution in [2.75, 3.05) is 0 Å². The molecular weight excluding hydrogens is 561 g/mol. The second-order valence-corrected chi connectivity index (χ2v) is 9.46. The quantitative estimate of drug-likeness (QED) is 0.401. The van der Waals surface area contributed by atoms with E-state index in [2.05, 4.69) is 42.1 Å². The lowest BCUT2D eigenvalue weighted by molar-refractivity contribution is -0.134. The van der Waals surface area contributed by atoms with Crippen molar-refractivity contribution in [3.8, 4) is 0 Å². The van der Waals surface area contributed by atoms with Gasteiger partial charge in [-0.2, -0.15) is 0 Å². The molecule has 35 heavy (non-hydrogen) atoms. The molecule has 0 spiro atoms. The van der Waals surface area contributed by atoms with Gasteiger partial charge in [-0.1, -0.05) is 63.4 Å². The Bertz CT molecular complexity index is 1330. The smallest absolute Gasteiger partial charge is 0.335 e. The van der Waals surface area contributed by atoms with E-state index in [1.165, 1.54) is 0 Å². The molecule has 0 fully saturated rings. The lowest BCUT2D eigenvalue weighted by Crippen LogP contribution is -2.54. The first-order valence-corrected chi connectivity index (χ1v) is 11.9. The maximum absolute atomic E-state index is 12.6. The summed E-state index contributed by atoms with van der Waals surface area (Å²) in [5.41, 5.74) is 5.18. The van der Waals surface area contributed by atoms with Crippen molar-refractivity contribution >= 4 is 51.1 Å². The number of allylic oxidation sites excluding steroid dienone is 1. The number of nitrogens with zero attached hydrogens (tertiary/aromatic N) is 7. The number of carboxylic acid groups (broad SMARTS) is 1. The number of benzene rings is 2. The number of aromatic nitrogens is 4. The summed E-state index contributed by atoms with van der Waals surface area (Å²) in [6.07, 6.45) is 0. The van der Waals surface area contributed by atoms with Gasteiger partial charge >= 0.3 is 5.97 Å². The maximum atomic E-state index is 12.6. The Morgan fingerprint density at radius 1 is 1.14 bits per heavy atom. The van der Waals surface area contributed by atoms with Gasteiger partial charge in [0.25, 0.3) is 0 Å². The van der Waals surface area contributed by atoms with Gasteiger partial charge in [0.1, 0.15) is 6.04 Å². The zero-order valence-corrected chi connectivity index (χ0v) is 21.3. The molecule has 2 aliphatic rings. The molecule has 0 amide bonds. The molecule has 2 aliphatic heterocycles. The van der Waals surface area contributed by atoms with E-state index in [1.807, 2.05) is 24.3 Å². The summed E-state index contributed by atoms with van der Waals surface area (Å²) >= 11 is 16.7. The molecule has 5 rings (SSSR count). The topological polar surface area (TPSA) is 126 Å². The Balaban J connectivity index is 1.63. The molecular formula is C21H18BrCl2N9O2. The number of hydrazine groups is 2. The molecule has 11 nitrogen and oxygen atoms in total. The maximum Gasteiger partial charge on any atom is 0.335 e. The highest BCUT2D eigenvalue weighted by Gasteiger charge is 2.46. The number of nitrogens with one attached hydrogen (secondary N) is 2. The number of guanidine groups is 1. The summed E-state index contributed by atoms with van der Waals surface area (Å²) in [7, 11) is 0. The van der Waals surface area contributed by atoms with Crippen molar-refractivity contribution in [2.45, 2.75) is 26.1 Å². The second-order valence-electron chi connectivity index (χ2n) is 7.80. The highest BCUT2D eigenvalue weighted by molar-refractivity contribution is 9.10. The summed E-state index contributed by atoms with van der Waals surface area (Å²) in [5, 5.41) is 32.9. The molecule has 14 heteroatoms. The van der Waals surface area contributed by atoms with Gasteiger partial charge in [-0.25, -0.2) is 20.0 Å². The number of aromatic amines is 1. The van der Waals surface area contributed by atoms with Crippen LogP contribution in [-0.4, -0.2) is 52.7 Å². The molecule has 3 aromatic rings. The Labute approximate surface area is 218 Å². The van der Waals surface area contributed by atoms with Crippen molar-refractivity contribution in [3.63, 3.8) is 0 Å². The van der Waals surface area contributed by atoms with Crippen LogP contribution in [-0.2, 0) is 17.9 Å². The minimum absolute atomic E-state index is 0.0849. The molecule has 2 aromatic carbocycles. The molecule has 0 aliphatic carbocycles. The summed E-state index contributed by atoms with van der Waals surface area (Å²) in [6.45, 7) is 2.27. The summed E-state index contributed by atoms with van der Waals surface area (Å²) in [4.78, 5) is 14.3. The monoisotopic (exact) mass is 577 g/mol. The lowest BCUT2D eigenvalue weighted by Gasteiger charge is -2.41. The lowest BCUT2D eigenvalue weighted by atomic mass is 9.94. The number of hydrogen-bond donors (Lipinski definition) is 3. The van der Waals surface area contributed by atoms with Gasteiger partial charge in [-0.3, -0.25) is 0 Å². The molecule has 0 bridgehead atoms. The third-order valence-electron chi connectivity index (χ3n) is 5.70. The largest absolute Gasteiger partial charge is 0.478 e. The summed E-state index contributed by atoms with van der Waals surface area (Å²) in [5.74, 6) is -0.235. The molecule has 0 saturated heterocycles. The normalized spacial score (nSPS) is 17.7. The number of tetrazole rings is 1. The van der Waals surface area contributed by atoms with Crippen molar-refractivity contribution in [3.05, 3.63) is 85.2 Å². The Morgan fingerprint density at radius 2 is 1.89 bits per heavy atom. The molecule has 3 N–H and O–H groups in total. The van der Waals surface area contributed by atoms with Gasteiger partial charge in [0.2, 0.25) is 5.96 Å². The van der Waals surface area contributed by atoms with Crippen molar-refractivity contribution in [2.24, 2.45) is 5.10 Å². The highest BCUT2D eigenvalue weighted by Crippen LogP contribution is 2.43. The molecule has 1 atom stereocenters. The number of carboxylic acids is 1. The average molecular weight is 579 g/mol. The summed E-state index contributed by atoms with van der Waals surface area (Å²) < 4.78 is 0.919. The third kappa shape index (κ3) is 4.33. The first-order chi connectivity index (χ1) is 16.8. The predicted molar refractivity (Wildman–Crippen MR) is 131 cm³/mol. The Kier molecular flexibility index (Phi) is 6.36. The average Bonchev–Trinajstić information content (AvgIpc) is 3.47. The minimum atomic E-state index is -1.12.